The molecule has 134 valence electrons. The first-order chi connectivity index (χ1) is 11.5. The molecule has 1 amide bonds. The van der Waals surface area contributed by atoms with Gasteiger partial charge in [-0.3, -0.25) is 9.69 Å². The number of nitrogens with zero attached hydrogens (tertiary/aromatic N) is 1. The first-order valence-electron chi connectivity index (χ1n) is 8.92. The number of anilines is 1. The summed E-state index contributed by atoms with van der Waals surface area (Å²) in [6.07, 6.45) is 3.49. The van der Waals surface area contributed by atoms with Gasteiger partial charge >= 0.3 is 0 Å². The summed E-state index contributed by atoms with van der Waals surface area (Å²) in [5, 5.41) is 2.89. The average molecular weight is 334 g/mol. The van der Waals surface area contributed by atoms with E-state index in [1.165, 1.54) is 25.9 Å². The SMILES string of the molecule is CCCOC(C)(C)C(=O)Nc1ccc(OCCN2CCCC2)cc1. The van der Waals surface area contributed by atoms with Crippen molar-refractivity contribution in [2.24, 2.45) is 0 Å². The van der Waals surface area contributed by atoms with Gasteiger partial charge in [0.1, 0.15) is 18.0 Å². The lowest BCUT2D eigenvalue weighted by Gasteiger charge is -2.24. The second-order valence-corrected chi connectivity index (χ2v) is 6.73. The Morgan fingerprint density at radius 2 is 1.83 bits per heavy atom. The molecule has 0 unspecified atom stereocenters. The zero-order chi connectivity index (χ0) is 17.4. The van der Waals surface area contributed by atoms with Gasteiger partial charge in [0, 0.05) is 18.8 Å². The lowest BCUT2D eigenvalue weighted by atomic mass is 10.1. The second-order valence-electron chi connectivity index (χ2n) is 6.73. The quantitative estimate of drug-likeness (QED) is 0.753. The first kappa shape index (κ1) is 18.7. The summed E-state index contributed by atoms with van der Waals surface area (Å²) in [6, 6.07) is 7.50. The smallest absolute Gasteiger partial charge is 0.256 e. The summed E-state index contributed by atoms with van der Waals surface area (Å²) in [5.74, 6) is 0.687. The number of benzene rings is 1. The summed E-state index contributed by atoms with van der Waals surface area (Å²) in [7, 11) is 0. The summed E-state index contributed by atoms with van der Waals surface area (Å²) < 4.78 is 11.4. The van der Waals surface area contributed by atoms with E-state index in [9.17, 15) is 4.79 Å². The molecule has 5 nitrogen and oxygen atoms in total. The highest BCUT2D eigenvalue weighted by Gasteiger charge is 2.28. The molecule has 1 aliphatic heterocycles. The normalized spacial score (nSPS) is 15.5. The van der Waals surface area contributed by atoms with E-state index in [1.807, 2.05) is 31.2 Å². The van der Waals surface area contributed by atoms with Crippen LogP contribution >= 0.6 is 0 Å². The van der Waals surface area contributed by atoms with Crippen LogP contribution in [-0.2, 0) is 9.53 Å². The summed E-state index contributed by atoms with van der Waals surface area (Å²) in [4.78, 5) is 14.7. The van der Waals surface area contributed by atoms with Crippen LogP contribution in [0.3, 0.4) is 0 Å². The number of hydrogen-bond donors (Lipinski definition) is 1. The Bertz CT molecular complexity index is 508. The molecule has 1 aliphatic rings. The molecular weight excluding hydrogens is 304 g/mol. The van der Waals surface area contributed by atoms with E-state index < -0.39 is 5.60 Å². The van der Waals surface area contributed by atoms with Crippen LogP contribution in [0.5, 0.6) is 5.75 Å². The van der Waals surface area contributed by atoms with E-state index in [2.05, 4.69) is 10.2 Å². The average Bonchev–Trinajstić information content (AvgIpc) is 3.08. The highest BCUT2D eigenvalue weighted by molar-refractivity contribution is 5.96. The Kier molecular flexibility index (Phi) is 7.06. The highest BCUT2D eigenvalue weighted by Crippen LogP contribution is 2.19. The molecule has 1 heterocycles. The van der Waals surface area contributed by atoms with E-state index in [0.29, 0.717) is 13.2 Å². The van der Waals surface area contributed by atoms with Crippen LogP contribution in [-0.4, -0.2) is 49.3 Å². The number of hydrogen-bond acceptors (Lipinski definition) is 4. The molecule has 1 aromatic carbocycles. The predicted molar refractivity (Wildman–Crippen MR) is 96.6 cm³/mol. The molecule has 0 bridgehead atoms. The number of ether oxygens (including phenoxy) is 2. The van der Waals surface area contributed by atoms with Crippen molar-refractivity contribution < 1.29 is 14.3 Å². The third kappa shape index (κ3) is 5.80. The standard InChI is InChI=1S/C19H30N2O3/c1-4-14-24-19(2,3)18(22)20-16-7-9-17(10-8-16)23-15-13-21-11-5-6-12-21/h7-10H,4-6,11-15H2,1-3H3,(H,20,22). The van der Waals surface area contributed by atoms with Crippen LogP contribution in [0.25, 0.3) is 0 Å². The molecule has 0 aliphatic carbocycles. The molecule has 0 spiro atoms. The number of rotatable bonds is 9. The van der Waals surface area contributed by atoms with Crippen LogP contribution in [0.1, 0.15) is 40.0 Å². The molecule has 1 N–H and O–H groups in total. The van der Waals surface area contributed by atoms with Gasteiger partial charge in [-0.15, -0.1) is 0 Å². The van der Waals surface area contributed by atoms with Crippen LogP contribution in [0.15, 0.2) is 24.3 Å². The Balaban J connectivity index is 1.77. The Labute approximate surface area is 145 Å². The largest absolute Gasteiger partial charge is 0.492 e. The molecule has 0 saturated carbocycles. The molecule has 1 saturated heterocycles. The number of amides is 1. The minimum atomic E-state index is -0.832. The van der Waals surface area contributed by atoms with Gasteiger partial charge in [-0.05, 0) is 70.5 Å². The van der Waals surface area contributed by atoms with Crippen LogP contribution in [0.4, 0.5) is 5.69 Å². The summed E-state index contributed by atoms with van der Waals surface area (Å²) in [6.45, 7) is 10.2. The lowest BCUT2D eigenvalue weighted by molar-refractivity contribution is -0.137. The van der Waals surface area contributed by atoms with Gasteiger partial charge in [0.25, 0.3) is 5.91 Å². The first-order valence-corrected chi connectivity index (χ1v) is 8.92. The minimum absolute atomic E-state index is 0.140. The molecule has 5 heteroatoms. The van der Waals surface area contributed by atoms with Gasteiger partial charge in [-0.25, -0.2) is 0 Å². The number of likely N-dealkylation sites (tertiary alicyclic amines) is 1. The number of carbonyl (C=O) groups excluding carboxylic acids is 1. The van der Waals surface area contributed by atoms with Gasteiger partial charge in [0.05, 0.1) is 0 Å². The van der Waals surface area contributed by atoms with E-state index in [1.54, 1.807) is 13.8 Å². The van der Waals surface area contributed by atoms with Crippen molar-refractivity contribution in [1.82, 2.24) is 4.90 Å². The maximum absolute atomic E-state index is 12.3. The van der Waals surface area contributed by atoms with Gasteiger partial charge in [0.15, 0.2) is 0 Å². The van der Waals surface area contributed by atoms with E-state index in [0.717, 1.165) is 24.4 Å². The van der Waals surface area contributed by atoms with Gasteiger partial charge in [-0.2, -0.15) is 0 Å². The van der Waals surface area contributed by atoms with Crippen molar-refractivity contribution >= 4 is 11.6 Å². The van der Waals surface area contributed by atoms with E-state index in [4.69, 9.17) is 9.47 Å². The number of nitrogens with one attached hydrogen (secondary N) is 1. The topological polar surface area (TPSA) is 50.8 Å². The Morgan fingerprint density at radius 1 is 1.17 bits per heavy atom. The zero-order valence-electron chi connectivity index (χ0n) is 15.1. The third-order valence-electron chi connectivity index (χ3n) is 4.20. The van der Waals surface area contributed by atoms with Crippen molar-refractivity contribution in [1.29, 1.82) is 0 Å². The van der Waals surface area contributed by atoms with Crippen molar-refractivity contribution in [2.45, 2.75) is 45.6 Å². The van der Waals surface area contributed by atoms with Crippen molar-refractivity contribution in [3.8, 4) is 5.75 Å². The highest BCUT2D eigenvalue weighted by atomic mass is 16.5. The summed E-state index contributed by atoms with van der Waals surface area (Å²) in [5.41, 5.74) is -0.0824. The number of carbonyl (C=O) groups is 1. The van der Waals surface area contributed by atoms with Crippen LogP contribution in [0.2, 0.25) is 0 Å². The Morgan fingerprint density at radius 3 is 2.46 bits per heavy atom. The van der Waals surface area contributed by atoms with Gasteiger partial charge in [0.2, 0.25) is 0 Å². The maximum Gasteiger partial charge on any atom is 0.256 e. The van der Waals surface area contributed by atoms with Crippen molar-refractivity contribution in [2.75, 3.05) is 38.2 Å². The van der Waals surface area contributed by atoms with E-state index >= 15 is 0 Å². The second kappa shape index (κ2) is 9.04. The van der Waals surface area contributed by atoms with Crippen LogP contribution in [0, 0.1) is 0 Å². The van der Waals surface area contributed by atoms with Crippen molar-refractivity contribution in [3.05, 3.63) is 24.3 Å². The molecule has 2 rings (SSSR count). The van der Waals surface area contributed by atoms with Gasteiger partial charge in [-0.1, -0.05) is 6.92 Å². The molecule has 24 heavy (non-hydrogen) atoms. The predicted octanol–water partition coefficient (Wildman–Crippen LogP) is 3.30. The monoisotopic (exact) mass is 334 g/mol. The molecule has 1 aromatic rings. The fourth-order valence-corrected chi connectivity index (χ4v) is 2.64. The van der Waals surface area contributed by atoms with Gasteiger partial charge < -0.3 is 14.8 Å². The zero-order valence-corrected chi connectivity index (χ0v) is 15.1. The Hall–Kier alpha value is -1.59. The molecule has 0 atom stereocenters. The molecule has 1 fully saturated rings. The maximum atomic E-state index is 12.3. The fourth-order valence-electron chi connectivity index (χ4n) is 2.64. The molecule has 0 radical (unpaired) electrons. The third-order valence-corrected chi connectivity index (χ3v) is 4.20. The van der Waals surface area contributed by atoms with Crippen LogP contribution < -0.4 is 10.1 Å². The lowest BCUT2D eigenvalue weighted by Crippen LogP contribution is -2.40. The minimum Gasteiger partial charge on any atom is -0.492 e. The fraction of sp³-hybridized carbons (Fsp3) is 0.632. The van der Waals surface area contributed by atoms with Crippen molar-refractivity contribution in [3.63, 3.8) is 0 Å². The molecular formula is C19H30N2O3. The summed E-state index contributed by atoms with van der Waals surface area (Å²) >= 11 is 0. The molecule has 0 aromatic heterocycles. The van der Waals surface area contributed by atoms with E-state index in [-0.39, 0.29) is 5.91 Å².